The lowest BCUT2D eigenvalue weighted by Gasteiger charge is -2.20. The van der Waals surface area contributed by atoms with Gasteiger partial charge in [0.1, 0.15) is 0 Å². The first-order chi connectivity index (χ1) is 7.75. The summed E-state index contributed by atoms with van der Waals surface area (Å²) >= 11 is 9.62. The van der Waals surface area contributed by atoms with Gasteiger partial charge >= 0.3 is 0 Å². The van der Waals surface area contributed by atoms with Gasteiger partial charge in [-0.25, -0.2) is 0 Å². The number of hydrogen-bond donors (Lipinski definition) is 1. The predicted octanol–water partition coefficient (Wildman–Crippen LogP) is 3.76. The van der Waals surface area contributed by atoms with Crippen LogP contribution in [0.15, 0.2) is 9.85 Å². The summed E-state index contributed by atoms with van der Waals surface area (Å²) < 4.78 is 1.27. The van der Waals surface area contributed by atoms with Crippen LogP contribution in [0.5, 0.6) is 0 Å². The van der Waals surface area contributed by atoms with Crippen LogP contribution in [0, 0.1) is 6.92 Å². The van der Waals surface area contributed by atoms with E-state index < -0.39 is 0 Å². The summed E-state index contributed by atoms with van der Waals surface area (Å²) in [5.41, 5.74) is 1.35. The zero-order chi connectivity index (χ0) is 11.4. The van der Waals surface area contributed by atoms with E-state index in [4.69, 9.17) is 0 Å². The molecule has 1 aliphatic heterocycles. The first-order valence-electron chi connectivity index (χ1n) is 5.40. The highest BCUT2D eigenvalue weighted by molar-refractivity contribution is 9.11. The van der Waals surface area contributed by atoms with Crippen molar-refractivity contribution in [1.29, 1.82) is 0 Å². The Morgan fingerprint density at radius 2 is 2.38 bits per heavy atom. The first kappa shape index (κ1) is 13.3. The Morgan fingerprint density at radius 3 is 3.00 bits per heavy atom. The van der Waals surface area contributed by atoms with Crippen LogP contribution in [0.25, 0.3) is 0 Å². The van der Waals surface area contributed by atoms with E-state index in [2.05, 4.69) is 57.8 Å². The van der Waals surface area contributed by atoms with E-state index in [9.17, 15) is 0 Å². The van der Waals surface area contributed by atoms with Crippen LogP contribution in [0.3, 0.4) is 0 Å². The highest BCUT2D eigenvalue weighted by atomic mass is 79.9. The van der Waals surface area contributed by atoms with Gasteiger partial charge in [0.05, 0.1) is 3.79 Å². The van der Waals surface area contributed by atoms with Crippen LogP contribution in [-0.4, -0.2) is 29.1 Å². The Labute approximate surface area is 118 Å². The zero-order valence-corrected chi connectivity index (χ0v) is 13.3. The fourth-order valence-corrected chi connectivity index (χ4v) is 5.87. The van der Waals surface area contributed by atoms with Crippen LogP contribution in [0.1, 0.15) is 10.4 Å². The molecule has 0 radical (unpaired) electrons. The molecule has 1 unspecified atom stereocenters. The Kier molecular flexibility index (Phi) is 5.55. The molecule has 90 valence electrons. The van der Waals surface area contributed by atoms with Gasteiger partial charge in [-0.15, -0.1) is 11.3 Å². The van der Waals surface area contributed by atoms with E-state index in [-0.39, 0.29) is 0 Å². The van der Waals surface area contributed by atoms with Gasteiger partial charge in [0.25, 0.3) is 0 Å². The average Bonchev–Trinajstić information content (AvgIpc) is 2.60. The summed E-state index contributed by atoms with van der Waals surface area (Å²) in [4.78, 5) is 1.43. The summed E-state index contributed by atoms with van der Waals surface area (Å²) in [6, 6.07) is 2.27. The Balaban J connectivity index is 1.71. The van der Waals surface area contributed by atoms with E-state index >= 15 is 0 Å². The van der Waals surface area contributed by atoms with Gasteiger partial charge in [0.15, 0.2) is 0 Å². The molecule has 1 aliphatic rings. The third-order valence-corrected chi connectivity index (χ3v) is 7.45. The largest absolute Gasteiger partial charge is 0.311 e. The summed E-state index contributed by atoms with van der Waals surface area (Å²) in [6.07, 6.45) is 0. The lowest BCUT2D eigenvalue weighted by atomic mass is 10.3. The molecule has 0 saturated carbocycles. The van der Waals surface area contributed by atoms with Crippen molar-refractivity contribution in [2.24, 2.45) is 0 Å². The maximum Gasteiger partial charge on any atom is 0.0730 e. The van der Waals surface area contributed by atoms with Gasteiger partial charge in [0.2, 0.25) is 0 Å². The zero-order valence-electron chi connectivity index (χ0n) is 9.29. The van der Waals surface area contributed by atoms with E-state index in [0.717, 1.165) is 18.3 Å². The Hall–Kier alpha value is 0.840. The monoisotopic (exact) mass is 337 g/mol. The average molecular weight is 338 g/mol. The van der Waals surface area contributed by atoms with E-state index in [0.29, 0.717) is 0 Å². The molecule has 1 N–H and O–H groups in total. The number of thiophene rings is 1. The number of rotatable bonds is 4. The van der Waals surface area contributed by atoms with Crippen LogP contribution in [0.2, 0.25) is 0 Å². The Bertz CT molecular complexity index is 314. The molecule has 1 atom stereocenters. The molecule has 0 bridgehead atoms. The maximum atomic E-state index is 3.57. The van der Waals surface area contributed by atoms with Crippen molar-refractivity contribution in [2.45, 2.75) is 18.7 Å². The van der Waals surface area contributed by atoms with Crippen molar-refractivity contribution in [3.63, 3.8) is 0 Å². The first-order valence-corrected chi connectivity index (χ1v) is 9.22. The van der Waals surface area contributed by atoms with Crippen LogP contribution < -0.4 is 5.32 Å². The normalized spacial score (nSPS) is 21.2. The molecular formula is C11H16BrNS3. The molecule has 1 nitrogen and oxygen atoms in total. The number of nitrogens with one attached hydrogen (secondary N) is 1. The molecule has 1 saturated heterocycles. The Morgan fingerprint density at radius 1 is 1.50 bits per heavy atom. The molecule has 0 aliphatic carbocycles. The molecular weight excluding hydrogens is 322 g/mol. The highest BCUT2D eigenvalue weighted by Gasteiger charge is 2.13. The molecule has 2 heterocycles. The lowest BCUT2D eigenvalue weighted by molar-refractivity contribution is 0.692. The van der Waals surface area contributed by atoms with Gasteiger partial charge in [-0.3, -0.25) is 0 Å². The molecule has 1 aromatic rings. The van der Waals surface area contributed by atoms with Crippen molar-refractivity contribution in [3.8, 4) is 0 Å². The number of hydrogen-bond acceptors (Lipinski definition) is 4. The minimum atomic E-state index is 0.809. The second kappa shape index (κ2) is 6.69. The summed E-state index contributed by atoms with van der Waals surface area (Å²) in [7, 11) is 0. The van der Waals surface area contributed by atoms with Gasteiger partial charge in [-0.1, -0.05) is 0 Å². The summed E-state index contributed by atoms with van der Waals surface area (Å²) in [5.74, 6) is 3.96. The SMILES string of the molecule is Cc1cc(CNCC2CSCCS2)sc1Br. The van der Waals surface area contributed by atoms with E-state index in [1.54, 1.807) is 0 Å². The minimum absolute atomic E-state index is 0.809. The molecule has 5 heteroatoms. The van der Waals surface area contributed by atoms with Crippen molar-refractivity contribution in [3.05, 3.63) is 20.3 Å². The second-order valence-corrected chi connectivity index (χ2v) is 8.88. The maximum absolute atomic E-state index is 3.57. The lowest BCUT2D eigenvalue weighted by Crippen LogP contribution is -2.28. The quantitative estimate of drug-likeness (QED) is 0.898. The number of thioether (sulfide) groups is 2. The van der Waals surface area contributed by atoms with Crippen molar-refractivity contribution >= 4 is 50.8 Å². The minimum Gasteiger partial charge on any atom is -0.311 e. The van der Waals surface area contributed by atoms with Crippen molar-refractivity contribution in [2.75, 3.05) is 23.8 Å². The van der Waals surface area contributed by atoms with Crippen molar-refractivity contribution in [1.82, 2.24) is 5.32 Å². The van der Waals surface area contributed by atoms with Gasteiger partial charge < -0.3 is 5.32 Å². The highest BCUT2D eigenvalue weighted by Crippen LogP contribution is 2.27. The van der Waals surface area contributed by atoms with E-state index in [1.807, 2.05) is 11.3 Å². The summed E-state index contributed by atoms with van der Waals surface area (Å²) in [6.45, 7) is 4.31. The molecule has 0 aromatic carbocycles. The molecule has 16 heavy (non-hydrogen) atoms. The molecule has 1 fully saturated rings. The second-order valence-electron chi connectivity index (χ2n) is 3.87. The fourth-order valence-electron chi connectivity index (χ4n) is 1.62. The molecule has 0 spiro atoms. The van der Waals surface area contributed by atoms with Crippen LogP contribution in [0.4, 0.5) is 0 Å². The topological polar surface area (TPSA) is 12.0 Å². The molecule has 2 rings (SSSR count). The smallest absolute Gasteiger partial charge is 0.0730 e. The third-order valence-electron chi connectivity index (χ3n) is 2.46. The van der Waals surface area contributed by atoms with E-state index in [1.165, 1.54) is 31.5 Å². The predicted molar refractivity (Wildman–Crippen MR) is 82.0 cm³/mol. The fraction of sp³-hybridized carbons (Fsp3) is 0.636. The van der Waals surface area contributed by atoms with Gasteiger partial charge in [-0.05, 0) is 34.5 Å². The summed E-state index contributed by atoms with van der Waals surface area (Å²) in [5, 5.41) is 4.38. The molecule has 1 aromatic heterocycles. The number of aryl methyl sites for hydroxylation is 1. The van der Waals surface area contributed by atoms with Gasteiger partial charge in [-0.2, -0.15) is 23.5 Å². The van der Waals surface area contributed by atoms with Crippen LogP contribution in [-0.2, 0) is 6.54 Å². The number of halogens is 1. The molecule has 0 amide bonds. The van der Waals surface area contributed by atoms with Crippen molar-refractivity contribution < 1.29 is 0 Å². The standard InChI is InChI=1S/C11H16BrNS3/c1-8-4-9(16-11(8)12)5-13-6-10-7-14-2-3-15-10/h4,10,13H,2-3,5-7H2,1H3. The van der Waals surface area contributed by atoms with Gasteiger partial charge in [0, 0.05) is 40.5 Å². The third kappa shape index (κ3) is 3.95. The van der Waals surface area contributed by atoms with Crippen LogP contribution >= 0.6 is 50.8 Å².